The predicted molar refractivity (Wildman–Crippen MR) is 90.4 cm³/mol. The zero-order valence-corrected chi connectivity index (χ0v) is 13.1. The van der Waals surface area contributed by atoms with Gasteiger partial charge in [-0.2, -0.15) is 4.39 Å². The van der Waals surface area contributed by atoms with Crippen LogP contribution in [0.1, 0.15) is 0 Å². The topological polar surface area (TPSA) is 12.5 Å². The lowest BCUT2D eigenvalue weighted by Crippen LogP contribution is -2.69. The van der Waals surface area contributed by atoms with Crippen LogP contribution in [-0.2, 0) is 0 Å². The third-order valence-electron chi connectivity index (χ3n) is 4.73. The highest BCUT2D eigenvalue weighted by Crippen LogP contribution is 2.33. The molecule has 0 aliphatic carbocycles. The summed E-state index contributed by atoms with van der Waals surface area (Å²) in [4.78, 5) is 2.23. The van der Waals surface area contributed by atoms with E-state index < -0.39 is 17.5 Å². The van der Waals surface area contributed by atoms with Crippen LogP contribution in [0.25, 0.3) is 0 Å². The zero-order chi connectivity index (χ0) is 16.0. The van der Waals surface area contributed by atoms with Crippen molar-refractivity contribution in [3.63, 3.8) is 0 Å². The van der Waals surface area contributed by atoms with E-state index in [1.54, 1.807) is 0 Å². The van der Waals surface area contributed by atoms with Crippen LogP contribution in [-0.4, -0.2) is 68.7 Å². The first-order valence-electron chi connectivity index (χ1n) is 7.08. The van der Waals surface area contributed by atoms with Crippen LogP contribution < -0.4 is 4.74 Å². The quantitative estimate of drug-likeness (QED) is 0.435. The minimum atomic E-state index is -1.23. The second-order valence-corrected chi connectivity index (χ2v) is 7.15. The Bertz CT molecular complexity index is 545. The van der Waals surface area contributed by atoms with E-state index in [0.717, 1.165) is 6.07 Å². The lowest BCUT2D eigenvalue weighted by molar-refractivity contribution is -0.00288. The van der Waals surface area contributed by atoms with Crippen molar-refractivity contribution >= 4 is 39.2 Å². The molecule has 0 bridgehead atoms. The Hall–Kier alpha value is -0.905. The number of benzene rings is 1. The Morgan fingerprint density at radius 2 is 1.62 bits per heavy atom. The second kappa shape index (κ2) is 5.38. The Balaban J connectivity index is 2.01. The van der Waals surface area contributed by atoms with E-state index in [-0.39, 0.29) is 22.3 Å². The summed E-state index contributed by atoms with van der Waals surface area (Å²) in [6.45, 7) is 1.23. The van der Waals surface area contributed by atoms with Gasteiger partial charge in [0.2, 0.25) is 5.82 Å². The van der Waals surface area contributed by atoms with E-state index in [1.165, 1.54) is 0 Å². The summed E-state index contributed by atoms with van der Waals surface area (Å²) < 4.78 is 45.2. The highest BCUT2D eigenvalue weighted by molar-refractivity contribution is 6.67. The molecule has 10 heteroatoms. The van der Waals surface area contributed by atoms with Gasteiger partial charge in [0, 0.05) is 25.2 Å². The molecule has 0 aromatic heterocycles. The summed E-state index contributed by atoms with van der Waals surface area (Å²) in [5.74, 6) is -3.55. The first-order chi connectivity index (χ1) is 9.52. The number of ether oxygens (including phenoxy) is 1. The molecule has 1 aliphatic heterocycles. The second-order valence-electron chi connectivity index (χ2n) is 7.15. The van der Waals surface area contributed by atoms with Crippen molar-refractivity contribution in [3.8, 4) is 5.75 Å². The Labute approximate surface area is 127 Å². The number of likely N-dealkylation sites (tertiary alicyclic amines) is 1. The van der Waals surface area contributed by atoms with E-state index in [1.807, 2.05) is 0 Å². The molecule has 0 spiro atoms. The lowest BCUT2D eigenvalue weighted by atomic mass is 9.26. The van der Waals surface area contributed by atoms with Crippen LogP contribution in [0.3, 0.4) is 0 Å². The first-order valence-corrected chi connectivity index (χ1v) is 7.08. The fourth-order valence-electron chi connectivity index (χ4n) is 2.24. The van der Waals surface area contributed by atoms with Gasteiger partial charge in [-0.3, -0.25) is 0 Å². The van der Waals surface area contributed by atoms with Gasteiger partial charge in [-0.25, -0.2) is 8.78 Å². The molecule has 1 aromatic carbocycles. The molecule has 1 aromatic rings. The Kier molecular flexibility index (Phi) is 4.22. The van der Waals surface area contributed by atoms with Gasteiger partial charge < -0.3 is 9.64 Å². The van der Waals surface area contributed by atoms with Crippen LogP contribution >= 0.6 is 0 Å². The van der Waals surface area contributed by atoms with Gasteiger partial charge in [-0.15, -0.1) is 5.11 Å². The van der Waals surface area contributed by atoms with Crippen molar-refractivity contribution in [2.45, 2.75) is 16.6 Å². The largest absolute Gasteiger partial charge is 0.484 e. The molecule has 1 heterocycles. The average molecular weight is 290 g/mol. The summed E-state index contributed by atoms with van der Waals surface area (Å²) in [5, 5.41) is 0.0345. The lowest BCUT2D eigenvalue weighted by Gasteiger charge is -2.55. The van der Waals surface area contributed by atoms with Gasteiger partial charge in [0.05, 0.1) is 23.5 Å². The monoisotopic (exact) mass is 291 g/mol. The third-order valence-corrected chi connectivity index (χ3v) is 4.73. The zero-order valence-electron chi connectivity index (χ0n) is 13.1. The van der Waals surface area contributed by atoms with E-state index in [0.29, 0.717) is 19.2 Å². The number of halogens is 3. The summed E-state index contributed by atoms with van der Waals surface area (Å²) >= 11 is 0. The molecule has 1 fully saturated rings. The molecule has 0 saturated carbocycles. The molecule has 1 aliphatic rings. The summed E-state index contributed by atoms with van der Waals surface area (Å²) in [6, 6.07) is 1.40. The summed E-state index contributed by atoms with van der Waals surface area (Å²) in [6.07, 6.45) is -0.248. The van der Waals surface area contributed by atoms with E-state index in [9.17, 15) is 13.2 Å². The van der Waals surface area contributed by atoms with Crippen molar-refractivity contribution < 1.29 is 17.9 Å². The van der Waals surface area contributed by atoms with Crippen molar-refractivity contribution in [1.82, 2.24) is 4.90 Å². The molecule has 0 atom stereocenters. The highest BCUT2D eigenvalue weighted by atomic mass is 19.2. The maximum atomic E-state index is 13.5. The molecular formula is C11H17B5F3NO. The molecule has 21 heavy (non-hydrogen) atoms. The smallest absolute Gasteiger partial charge is 0.200 e. The third kappa shape index (κ3) is 3.15. The SMILES string of the molecule is BC(B)(B)C(B)(B)N1CC(Oc2cc(F)cc(F)c2F)C1. The maximum absolute atomic E-state index is 13.5. The van der Waals surface area contributed by atoms with Gasteiger partial charge in [-0.05, 0) is 0 Å². The van der Waals surface area contributed by atoms with Crippen molar-refractivity contribution in [2.75, 3.05) is 13.1 Å². The Morgan fingerprint density at radius 1 is 1.05 bits per heavy atom. The fourth-order valence-corrected chi connectivity index (χ4v) is 2.24. The van der Waals surface area contributed by atoms with Crippen molar-refractivity contribution in [1.29, 1.82) is 0 Å². The first kappa shape index (κ1) is 16.5. The van der Waals surface area contributed by atoms with Gasteiger partial charge in [0.15, 0.2) is 11.6 Å². The molecule has 0 unspecified atom stereocenters. The number of hydrogen-bond donors (Lipinski definition) is 0. The van der Waals surface area contributed by atoms with Crippen LogP contribution in [0.5, 0.6) is 5.75 Å². The normalized spacial score (nSPS) is 17.5. The van der Waals surface area contributed by atoms with Gasteiger partial charge in [0.1, 0.15) is 27.6 Å². The number of rotatable bonds is 4. The van der Waals surface area contributed by atoms with E-state index in [2.05, 4.69) is 44.1 Å². The standard InChI is InChI=1S/C11H17B5F3NO/c12-10(13,14)11(15,16)20-3-6(4-20)21-8-2-5(17)1-7(18)9(8)19/h1-2,6H,3-4,12-16H2. The minimum absolute atomic E-state index is 0.0431. The minimum Gasteiger partial charge on any atom is -0.484 e. The Morgan fingerprint density at radius 3 is 2.14 bits per heavy atom. The van der Waals surface area contributed by atoms with Crippen LogP contribution in [0, 0.1) is 17.5 Å². The van der Waals surface area contributed by atoms with Gasteiger partial charge in [0.25, 0.3) is 0 Å². The molecule has 1 saturated heterocycles. The number of hydrogen-bond acceptors (Lipinski definition) is 2. The predicted octanol–water partition coefficient (Wildman–Crippen LogP) is -2.94. The summed E-state index contributed by atoms with van der Waals surface area (Å²) in [7, 11) is 10.8. The molecule has 2 rings (SSSR count). The molecular weight excluding hydrogens is 273 g/mol. The maximum Gasteiger partial charge on any atom is 0.200 e. The van der Waals surface area contributed by atoms with E-state index in [4.69, 9.17) is 4.74 Å². The molecule has 2 nitrogen and oxygen atoms in total. The average Bonchev–Trinajstić information content (AvgIpc) is 2.27. The van der Waals surface area contributed by atoms with Crippen LogP contribution in [0.4, 0.5) is 13.2 Å². The van der Waals surface area contributed by atoms with Crippen molar-refractivity contribution in [3.05, 3.63) is 29.6 Å². The molecule has 0 radical (unpaired) electrons. The van der Waals surface area contributed by atoms with Gasteiger partial charge in [-0.1, -0.05) is 5.34 Å². The molecule has 108 valence electrons. The molecule has 0 N–H and O–H groups in total. The highest BCUT2D eigenvalue weighted by Gasteiger charge is 2.44. The van der Waals surface area contributed by atoms with Crippen LogP contribution in [0.15, 0.2) is 12.1 Å². The van der Waals surface area contributed by atoms with Gasteiger partial charge >= 0.3 is 0 Å². The van der Waals surface area contributed by atoms with Crippen LogP contribution in [0.2, 0.25) is 5.11 Å². The number of nitrogens with zero attached hydrogens (tertiary/aromatic N) is 1. The molecule has 0 amide bonds. The summed E-state index contributed by atoms with van der Waals surface area (Å²) in [5.41, 5.74) is 0. The van der Waals surface area contributed by atoms with E-state index >= 15 is 0 Å². The fraction of sp³-hybridized carbons (Fsp3) is 0.455. The van der Waals surface area contributed by atoms with Crippen molar-refractivity contribution in [2.24, 2.45) is 0 Å².